The predicted octanol–water partition coefficient (Wildman–Crippen LogP) is 4.46. The Balaban J connectivity index is 0.00000363. The Bertz CT molecular complexity index is 893. The summed E-state index contributed by atoms with van der Waals surface area (Å²) in [6.07, 6.45) is 6.09. The van der Waals surface area contributed by atoms with Crippen molar-refractivity contribution in [3.8, 4) is 0 Å². The number of likely N-dealkylation sites (N-methyl/N-ethyl adjacent to an activating group) is 1. The Morgan fingerprint density at radius 1 is 1.09 bits per heavy atom. The van der Waals surface area contributed by atoms with Crippen molar-refractivity contribution in [2.45, 2.75) is 32.2 Å². The van der Waals surface area contributed by atoms with Crippen molar-refractivity contribution in [3.63, 3.8) is 0 Å². The summed E-state index contributed by atoms with van der Waals surface area (Å²) in [4.78, 5) is 28.9. The third-order valence-corrected chi connectivity index (χ3v) is 5.80. The van der Waals surface area contributed by atoms with Crippen LogP contribution in [0, 0.1) is 0 Å². The molecule has 5 nitrogen and oxygen atoms in total. The molecule has 0 bridgehead atoms. The van der Waals surface area contributed by atoms with Crippen molar-refractivity contribution >= 4 is 30.4 Å². The minimum absolute atomic E-state index is 0. The molecule has 0 unspecified atom stereocenters. The molecule has 0 radical (unpaired) electrons. The molecule has 1 amide bonds. The van der Waals surface area contributed by atoms with E-state index in [1.165, 1.54) is 11.6 Å². The van der Waals surface area contributed by atoms with Gasteiger partial charge in [0.05, 0.1) is 6.61 Å². The first kappa shape index (κ1) is 25.6. The van der Waals surface area contributed by atoms with Crippen LogP contribution in [0.5, 0.6) is 0 Å². The van der Waals surface area contributed by atoms with Crippen LogP contribution in [0.3, 0.4) is 0 Å². The second-order valence-electron chi connectivity index (χ2n) is 7.95. The Morgan fingerprint density at radius 3 is 2.50 bits per heavy atom. The summed E-state index contributed by atoms with van der Waals surface area (Å²) in [6.45, 7) is 4.68. The van der Waals surface area contributed by atoms with E-state index in [2.05, 4.69) is 36.2 Å². The molecule has 1 saturated heterocycles. The zero-order chi connectivity index (χ0) is 22.1. The number of piperidine rings is 1. The second-order valence-corrected chi connectivity index (χ2v) is 7.95. The lowest BCUT2D eigenvalue weighted by molar-refractivity contribution is -0.137. The fourth-order valence-electron chi connectivity index (χ4n) is 3.96. The van der Waals surface area contributed by atoms with Gasteiger partial charge in [0.15, 0.2) is 0 Å². The van der Waals surface area contributed by atoms with Gasteiger partial charge in [0.25, 0.3) is 5.91 Å². The summed E-state index contributed by atoms with van der Waals surface area (Å²) in [7, 11) is 2.18. The zero-order valence-corrected chi connectivity index (χ0v) is 19.7. The number of amides is 1. The number of halogens is 1. The molecule has 1 aliphatic heterocycles. The number of hydrogen-bond acceptors (Lipinski definition) is 4. The predicted molar refractivity (Wildman–Crippen MR) is 131 cm³/mol. The van der Waals surface area contributed by atoms with Gasteiger partial charge < -0.3 is 14.5 Å². The molecule has 3 rings (SSSR count). The van der Waals surface area contributed by atoms with Gasteiger partial charge in [0.1, 0.15) is 0 Å². The molecule has 1 aliphatic rings. The zero-order valence-electron chi connectivity index (χ0n) is 18.9. The van der Waals surface area contributed by atoms with Crippen molar-refractivity contribution in [1.29, 1.82) is 0 Å². The molecule has 0 atom stereocenters. The minimum atomic E-state index is -0.377. The van der Waals surface area contributed by atoms with E-state index >= 15 is 0 Å². The largest absolute Gasteiger partial charge is 0.463 e. The van der Waals surface area contributed by atoms with Crippen molar-refractivity contribution < 1.29 is 14.3 Å². The molecule has 32 heavy (non-hydrogen) atoms. The van der Waals surface area contributed by atoms with Crippen molar-refractivity contribution in [2.24, 2.45) is 0 Å². The number of carbonyl (C=O) groups is 2. The van der Waals surface area contributed by atoms with Gasteiger partial charge in [0.2, 0.25) is 0 Å². The second kappa shape index (κ2) is 13.0. The Labute approximate surface area is 197 Å². The molecule has 2 aromatic rings. The number of benzene rings is 2. The molecule has 0 N–H and O–H groups in total. The number of nitrogens with zero attached hydrogens (tertiary/aromatic N) is 2. The van der Waals surface area contributed by atoms with E-state index in [0.29, 0.717) is 18.2 Å². The molecular formula is C26H33ClN2O3. The van der Waals surface area contributed by atoms with Gasteiger partial charge in [-0.2, -0.15) is 0 Å². The molecule has 0 spiro atoms. The van der Waals surface area contributed by atoms with Crippen LogP contribution in [0.4, 0.5) is 0 Å². The quantitative estimate of drug-likeness (QED) is 0.434. The first-order chi connectivity index (χ1) is 15.1. The fourth-order valence-corrected chi connectivity index (χ4v) is 3.96. The van der Waals surface area contributed by atoms with Crippen LogP contribution in [-0.2, 0) is 16.0 Å². The molecule has 0 aliphatic carbocycles. The highest BCUT2D eigenvalue weighted by Crippen LogP contribution is 2.19. The molecule has 2 aromatic carbocycles. The van der Waals surface area contributed by atoms with Crippen LogP contribution in [-0.4, -0.2) is 61.0 Å². The first-order valence-electron chi connectivity index (χ1n) is 11.0. The van der Waals surface area contributed by atoms with Crippen molar-refractivity contribution in [2.75, 3.05) is 33.3 Å². The molecule has 0 saturated carbocycles. The molecule has 1 heterocycles. The molecule has 6 heteroatoms. The highest BCUT2D eigenvalue weighted by Gasteiger charge is 2.25. The van der Waals surface area contributed by atoms with E-state index in [0.717, 1.165) is 44.5 Å². The third kappa shape index (κ3) is 7.50. The van der Waals surface area contributed by atoms with Crippen LogP contribution < -0.4 is 0 Å². The standard InChI is InChI=1S/C26H32N2O3.ClH/c1-3-31-25(29)13-12-22-10-7-11-23(20-22)26(30)28-18-15-24(16-19-28)27(2)17-14-21-8-5-4-6-9-21;/h4-13,20,24H,3,14-19H2,1-2H3;1H. The van der Waals surface area contributed by atoms with E-state index in [4.69, 9.17) is 4.74 Å². The summed E-state index contributed by atoms with van der Waals surface area (Å²) < 4.78 is 4.90. The summed E-state index contributed by atoms with van der Waals surface area (Å²) in [5.41, 5.74) is 2.83. The molecular weight excluding hydrogens is 424 g/mol. The summed E-state index contributed by atoms with van der Waals surface area (Å²) in [5.74, 6) is -0.325. The van der Waals surface area contributed by atoms with Gasteiger partial charge in [-0.1, -0.05) is 42.5 Å². The summed E-state index contributed by atoms with van der Waals surface area (Å²) in [5, 5.41) is 0. The Morgan fingerprint density at radius 2 is 1.81 bits per heavy atom. The third-order valence-electron chi connectivity index (χ3n) is 5.80. The smallest absolute Gasteiger partial charge is 0.330 e. The van der Waals surface area contributed by atoms with Crippen LogP contribution in [0.25, 0.3) is 6.08 Å². The van der Waals surface area contributed by atoms with Gasteiger partial charge in [0, 0.05) is 37.3 Å². The number of esters is 1. The van der Waals surface area contributed by atoms with Gasteiger partial charge in [-0.15, -0.1) is 12.4 Å². The molecule has 0 aromatic heterocycles. The van der Waals surface area contributed by atoms with E-state index in [1.807, 2.05) is 35.2 Å². The highest BCUT2D eigenvalue weighted by molar-refractivity contribution is 5.95. The average molecular weight is 457 g/mol. The number of likely N-dealkylation sites (tertiary alicyclic amines) is 1. The van der Waals surface area contributed by atoms with Gasteiger partial charge >= 0.3 is 5.97 Å². The van der Waals surface area contributed by atoms with Gasteiger partial charge in [-0.05, 0) is 62.6 Å². The maximum absolute atomic E-state index is 13.0. The number of carbonyl (C=O) groups excluding carboxylic acids is 2. The average Bonchev–Trinajstić information content (AvgIpc) is 2.82. The monoisotopic (exact) mass is 456 g/mol. The van der Waals surface area contributed by atoms with E-state index in [-0.39, 0.29) is 24.3 Å². The van der Waals surface area contributed by atoms with E-state index in [1.54, 1.807) is 13.0 Å². The highest BCUT2D eigenvalue weighted by atomic mass is 35.5. The molecule has 1 fully saturated rings. The van der Waals surface area contributed by atoms with Crippen LogP contribution in [0.1, 0.15) is 41.3 Å². The lowest BCUT2D eigenvalue weighted by atomic mass is 10.0. The minimum Gasteiger partial charge on any atom is -0.463 e. The lowest BCUT2D eigenvalue weighted by Crippen LogP contribution is -2.46. The normalized spacial score (nSPS) is 14.4. The maximum Gasteiger partial charge on any atom is 0.330 e. The van der Waals surface area contributed by atoms with Crippen molar-refractivity contribution in [3.05, 3.63) is 77.4 Å². The number of hydrogen-bond donors (Lipinski definition) is 0. The van der Waals surface area contributed by atoms with Gasteiger partial charge in [-0.3, -0.25) is 4.79 Å². The van der Waals surface area contributed by atoms with Crippen LogP contribution in [0.2, 0.25) is 0 Å². The Hall–Kier alpha value is -2.63. The Kier molecular flexibility index (Phi) is 10.4. The number of rotatable bonds is 8. The molecule has 172 valence electrons. The first-order valence-corrected chi connectivity index (χ1v) is 11.0. The van der Waals surface area contributed by atoms with Crippen molar-refractivity contribution in [1.82, 2.24) is 9.80 Å². The lowest BCUT2D eigenvalue weighted by Gasteiger charge is -2.37. The summed E-state index contributed by atoms with van der Waals surface area (Å²) >= 11 is 0. The number of ether oxygens (including phenoxy) is 1. The fraction of sp³-hybridized carbons (Fsp3) is 0.385. The SMILES string of the molecule is CCOC(=O)C=Cc1cccc(C(=O)N2CCC(N(C)CCc3ccccc3)CC2)c1.Cl. The van der Waals surface area contributed by atoms with Crippen LogP contribution >= 0.6 is 12.4 Å². The van der Waals surface area contributed by atoms with E-state index in [9.17, 15) is 9.59 Å². The van der Waals surface area contributed by atoms with Crippen LogP contribution in [0.15, 0.2) is 60.7 Å². The summed E-state index contributed by atoms with van der Waals surface area (Å²) in [6, 6.07) is 18.5. The van der Waals surface area contributed by atoms with Gasteiger partial charge in [-0.25, -0.2) is 4.79 Å². The maximum atomic E-state index is 13.0. The topological polar surface area (TPSA) is 49.9 Å². The van der Waals surface area contributed by atoms with E-state index < -0.39 is 0 Å².